The summed E-state index contributed by atoms with van der Waals surface area (Å²) in [6.45, 7) is 1.98. The number of nitrogens with zero attached hydrogens (tertiary/aromatic N) is 2. The fourth-order valence-corrected chi connectivity index (χ4v) is 2.43. The van der Waals surface area contributed by atoms with Crippen molar-refractivity contribution < 1.29 is 22.8 Å². The summed E-state index contributed by atoms with van der Waals surface area (Å²) < 4.78 is 37.3. The third kappa shape index (κ3) is 5.52. The molecule has 0 spiro atoms. The van der Waals surface area contributed by atoms with Crippen LogP contribution in [0.25, 0.3) is 0 Å². The average molecular weight is 372 g/mol. The number of amides is 2. The zero-order valence-electron chi connectivity index (χ0n) is 13.2. The van der Waals surface area contributed by atoms with Crippen LogP contribution in [-0.4, -0.2) is 22.0 Å². The molecule has 0 unspecified atom stereocenters. The molecule has 2 amide bonds. The quantitative estimate of drug-likeness (QED) is 0.804. The third-order valence-corrected chi connectivity index (χ3v) is 3.96. The number of unbranched alkanes of at least 4 members (excludes halogenated alkanes) is 1. The van der Waals surface area contributed by atoms with Crippen LogP contribution in [0.5, 0.6) is 0 Å². The Labute approximate surface area is 145 Å². The average Bonchev–Trinajstić information content (AvgIpc) is 3.02. The molecule has 134 valence electrons. The van der Waals surface area contributed by atoms with Crippen LogP contribution < -0.4 is 10.6 Å². The second kappa shape index (κ2) is 8.06. The molecular formula is C15H15F3N4O2S. The molecule has 1 heterocycles. The van der Waals surface area contributed by atoms with Crippen molar-refractivity contribution in [3.05, 3.63) is 34.8 Å². The van der Waals surface area contributed by atoms with Crippen molar-refractivity contribution in [2.45, 2.75) is 32.4 Å². The lowest BCUT2D eigenvalue weighted by atomic mass is 10.2. The summed E-state index contributed by atoms with van der Waals surface area (Å²) in [5.74, 6) is -0.735. The molecular weight excluding hydrogens is 357 g/mol. The van der Waals surface area contributed by atoms with Gasteiger partial charge in [0.2, 0.25) is 16.0 Å². The Morgan fingerprint density at radius 1 is 1.12 bits per heavy atom. The first-order valence-corrected chi connectivity index (χ1v) is 8.23. The number of alkyl halides is 3. The molecule has 2 rings (SSSR count). The molecule has 10 heteroatoms. The molecule has 1 aromatic carbocycles. The molecule has 0 aliphatic carbocycles. The minimum Gasteiger partial charge on any atom is -0.326 e. The first-order valence-electron chi connectivity index (χ1n) is 7.41. The predicted octanol–water partition coefficient (Wildman–Crippen LogP) is 3.94. The topological polar surface area (TPSA) is 84.0 Å². The van der Waals surface area contributed by atoms with Crippen LogP contribution in [0.2, 0.25) is 0 Å². The van der Waals surface area contributed by atoms with Crippen LogP contribution >= 0.6 is 11.3 Å². The Bertz CT molecular complexity index is 744. The van der Waals surface area contributed by atoms with E-state index in [9.17, 15) is 22.8 Å². The first kappa shape index (κ1) is 18.8. The largest absolute Gasteiger partial charge is 0.445 e. The Kier molecular flexibility index (Phi) is 6.07. The van der Waals surface area contributed by atoms with Gasteiger partial charge in [-0.25, -0.2) is 0 Å². The minimum absolute atomic E-state index is 0.118. The molecule has 2 aromatic rings. The van der Waals surface area contributed by atoms with E-state index >= 15 is 0 Å². The highest BCUT2D eigenvalue weighted by molar-refractivity contribution is 7.15. The van der Waals surface area contributed by atoms with Gasteiger partial charge >= 0.3 is 6.18 Å². The van der Waals surface area contributed by atoms with Crippen LogP contribution in [0.15, 0.2) is 24.3 Å². The van der Waals surface area contributed by atoms with E-state index in [-0.39, 0.29) is 27.9 Å². The van der Waals surface area contributed by atoms with Crippen LogP contribution in [0.3, 0.4) is 0 Å². The molecule has 0 saturated carbocycles. The molecule has 0 atom stereocenters. The van der Waals surface area contributed by atoms with Crippen molar-refractivity contribution in [2.24, 2.45) is 0 Å². The lowest BCUT2D eigenvalue weighted by Crippen LogP contribution is -2.13. The first-order chi connectivity index (χ1) is 11.8. The smallest absolute Gasteiger partial charge is 0.326 e. The van der Waals surface area contributed by atoms with Crippen molar-refractivity contribution in [1.82, 2.24) is 10.2 Å². The monoisotopic (exact) mass is 372 g/mol. The van der Waals surface area contributed by atoms with E-state index in [0.717, 1.165) is 12.8 Å². The van der Waals surface area contributed by atoms with E-state index in [1.54, 1.807) is 12.1 Å². The maximum atomic E-state index is 12.4. The normalized spacial score (nSPS) is 11.2. The van der Waals surface area contributed by atoms with Gasteiger partial charge in [-0.3, -0.25) is 14.9 Å². The highest BCUT2D eigenvalue weighted by Crippen LogP contribution is 2.33. The van der Waals surface area contributed by atoms with E-state index in [2.05, 4.69) is 20.8 Å². The number of benzene rings is 1. The van der Waals surface area contributed by atoms with Gasteiger partial charge in [0.15, 0.2) is 0 Å². The van der Waals surface area contributed by atoms with Crippen molar-refractivity contribution in [1.29, 1.82) is 0 Å². The van der Waals surface area contributed by atoms with E-state index in [4.69, 9.17) is 0 Å². The van der Waals surface area contributed by atoms with Gasteiger partial charge in [0.1, 0.15) is 0 Å². The van der Waals surface area contributed by atoms with Gasteiger partial charge in [-0.15, -0.1) is 10.2 Å². The SMILES string of the molecule is CCCCC(=O)Nc1ccc(C(=O)Nc2nnc(C(F)(F)F)s2)cc1. The van der Waals surface area contributed by atoms with Gasteiger partial charge in [-0.2, -0.15) is 13.2 Å². The number of hydrogen-bond acceptors (Lipinski definition) is 5. The predicted molar refractivity (Wildman–Crippen MR) is 87.5 cm³/mol. The van der Waals surface area contributed by atoms with E-state index < -0.39 is 17.1 Å². The number of halogens is 3. The zero-order chi connectivity index (χ0) is 18.4. The van der Waals surface area contributed by atoms with Crippen molar-refractivity contribution in [3.63, 3.8) is 0 Å². The lowest BCUT2D eigenvalue weighted by Gasteiger charge is -2.06. The van der Waals surface area contributed by atoms with Gasteiger partial charge in [0, 0.05) is 17.7 Å². The Balaban J connectivity index is 1.96. The van der Waals surface area contributed by atoms with Crippen molar-refractivity contribution in [3.8, 4) is 0 Å². The minimum atomic E-state index is -4.60. The molecule has 25 heavy (non-hydrogen) atoms. The third-order valence-electron chi connectivity index (χ3n) is 3.08. The standard InChI is InChI=1S/C15H15F3N4O2S/c1-2-3-4-11(23)19-10-7-5-9(6-8-10)12(24)20-14-22-21-13(25-14)15(16,17)18/h5-8H,2-4H2,1H3,(H,19,23)(H,20,22,24). The Morgan fingerprint density at radius 3 is 2.36 bits per heavy atom. The molecule has 0 saturated heterocycles. The molecule has 6 nitrogen and oxygen atoms in total. The Morgan fingerprint density at radius 2 is 1.80 bits per heavy atom. The molecule has 1 aromatic heterocycles. The summed E-state index contributed by atoms with van der Waals surface area (Å²) in [5, 5.41) is 9.86. The second-order valence-electron chi connectivity index (χ2n) is 5.09. The van der Waals surface area contributed by atoms with Gasteiger partial charge in [0.05, 0.1) is 0 Å². The van der Waals surface area contributed by atoms with Crippen LogP contribution in [0.1, 0.15) is 41.6 Å². The number of hydrogen-bond donors (Lipinski definition) is 2. The van der Waals surface area contributed by atoms with E-state index in [1.807, 2.05) is 6.92 Å². The molecule has 0 fully saturated rings. The van der Waals surface area contributed by atoms with Gasteiger partial charge < -0.3 is 5.32 Å². The zero-order valence-corrected chi connectivity index (χ0v) is 14.0. The highest BCUT2D eigenvalue weighted by atomic mass is 32.1. The summed E-state index contributed by atoms with van der Waals surface area (Å²) in [6.07, 6.45) is -2.49. The molecule has 0 aliphatic rings. The summed E-state index contributed by atoms with van der Waals surface area (Å²) in [5.41, 5.74) is 0.753. The summed E-state index contributed by atoms with van der Waals surface area (Å²) >= 11 is 0.246. The number of nitrogens with one attached hydrogen (secondary N) is 2. The number of anilines is 2. The highest BCUT2D eigenvalue weighted by Gasteiger charge is 2.35. The summed E-state index contributed by atoms with van der Waals surface area (Å²) in [6, 6.07) is 5.99. The van der Waals surface area contributed by atoms with Gasteiger partial charge in [-0.05, 0) is 30.7 Å². The number of carbonyl (C=O) groups excluding carboxylic acids is 2. The fourth-order valence-electron chi connectivity index (χ4n) is 1.82. The maximum Gasteiger partial charge on any atom is 0.445 e. The second-order valence-corrected chi connectivity index (χ2v) is 6.07. The number of rotatable bonds is 6. The maximum absolute atomic E-state index is 12.4. The van der Waals surface area contributed by atoms with Gasteiger partial charge in [0.25, 0.3) is 5.91 Å². The van der Waals surface area contributed by atoms with Gasteiger partial charge in [-0.1, -0.05) is 24.7 Å². The van der Waals surface area contributed by atoms with Crippen LogP contribution in [-0.2, 0) is 11.0 Å². The molecule has 2 N–H and O–H groups in total. The number of aromatic nitrogens is 2. The summed E-state index contributed by atoms with van der Waals surface area (Å²) in [4.78, 5) is 23.6. The van der Waals surface area contributed by atoms with Crippen molar-refractivity contribution >= 4 is 34.0 Å². The van der Waals surface area contributed by atoms with Crippen LogP contribution in [0.4, 0.5) is 24.0 Å². The van der Waals surface area contributed by atoms with Crippen LogP contribution in [0, 0.1) is 0 Å². The van der Waals surface area contributed by atoms with E-state index in [0.29, 0.717) is 12.1 Å². The number of carbonyl (C=O) groups is 2. The molecule has 0 aliphatic heterocycles. The molecule has 0 bridgehead atoms. The summed E-state index contributed by atoms with van der Waals surface area (Å²) in [7, 11) is 0. The fraction of sp³-hybridized carbons (Fsp3) is 0.333. The van der Waals surface area contributed by atoms with Crippen molar-refractivity contribution in [2.75, 3.05) is 10.6 Å². The Hall–Kier alpha value is -2.49. The lowest BCUT2D eigenvalue weighted by molar-refractivity contribution is -0.138. The van der Waals surface area contributed by atoms with E-state index in [1.165, 1.54) is 12.1 Å². The molecule has 0 radical (unpaired) electrons.